The van der Waals surface area contributed by atoms with Crippen LogP contribution in [0.1, 0.15) is 13.8 Å². The Morgan fingerprint density at radius 1 is 1.27 bits per heavy atom. The number of nitrogens with zero attached hydrogens (tertiary/aromatic N) is 2. The molecule has 0 aromatic heterocycles. The molecule has 0 bridgehead atoms. The highest BCUT2D eigenvalue weighted by atomic mass is 15.3. The minimum Gasteiger partial charge on any atom is -0.370 e. The summed E-state index contributed by atoms with van der Waals surface area (Å²) in [6.07, 6.45) is 0. The van der Waals surface area contributed by atoms with Gasteiger partial charge in [0.05, 0.1) is 0 Å². The summed E-state index contributed by atoms with van der Waals surface area (Å²) < 4.78 is 0. The lowest BCUT2D eigenvalue weighted by molar-refractivity contribution is 0.619. The van der Waals surface area contributed by atoms with E-state index in [0.29, 0.717) is 0 Å². The summed E-state index contributed by atoms with van der Waals surface area (Å²) in [5.41, 5.74) is 18.0. The highest BCUT2D eigenvalue weighted by Gasteiger charge is 1.89. The summed E-state index contributed by atoms with van der Waals surface area (Å²) in [5.74, 6) is -0.0736. The number of hydrazone groups is 1. The monoisotopic (exact) mass is 158 g/mol. The molecule has 0 aromatic carbocycles. The maximum Gasteiger partial charge on any atom is 0.240 e. The lowest BCUT2D eigenvalue weighted by atomic mass is 10.4. The van der Waals surface area contributed by atoms with Gasteiger partial charge in [0, 0.05) is 6.04 Å². The fourth-order valence-electron chi connectivity index (χ4n) is 0.353. The van der Waals surface area contributed by atoms with E-state index < -0.39 is 0 Å². The van der Waals surface area contributed by atoms with Gasteiger partial charge in [-0.05, 0) is 13.8 Å². The topological polar surface area (TPSA) is 115 Å². The van der Waals surface area contributed by atoms with Gasteiger partial charge in [0.2, 0.25) is 5.96 Å². The minimum atomic E-state index is -0.100. The Balaban J connectivity index is 3.92. The van der Waals surface area contributed by atoms with Crippen LogP contribution in [0.3, 0.4) is 0 Å². The maximum absolute atomic E-state index is 5.26. The zero-order valence-corrected chi connectivity index (χ0v) is 6.70. The fraction of sp³-hybridized carbons (Fsp3) is 0.600. The molecule has 0 aromatic rings. The first-order valence-corrected chi connectivity index (χ1v) is 3.20. The van der Waals surface area contributed by atoms with Gasteiger partial charge in [-0.25, -0.2) is 0 Å². The minimum absolute atomic E-state index is 0.0266. The second-order valence-corrected chi connectivity index (χ2v) is 2.29. The van der Waals surface area contributed by atoms with Gasteiger partial charge in [0.1, 0.15) is 0 Å². The zero-order chi connectivity index (χ0) is 8.85. The van der Waals surface area contributed by atoms with Crippen molar-refractivity contribution in [3.63, 3.8) is 0 Å². The molecule has 6 heteroatoms. The number of hydrogen-bond donors (Lipinski definition) is 4. The van der Waals surface area contributed by atoms with Crippen LogP contribution in [0.5, 0.6) is 0 Å². The quantitative estimate of drug-likeness (QED) is 0.222. The van der Waals surface area contributed by atoms with Crippen LogP contribution in [0.4, 0.5) is 0 Å². The van der Waals surface area contributed by atoms with E-state index in [1.54, 1.807) is 0 Å². The van der Waals surface area contributed by atoms with Crippen molar-refractivity contribution < 1.29 is 0 Å². The third-order valence-corrected chi connectivity index (χ3v) is 0.681. The number of nitrogens with one attached hydrogen (secondary N) is 1. The van der Waals surface area contributed by atoms with Gasteiger partial charge in [-0.2, -0.15) is 4.99 Å². The first-order chi connectivity index (χ1) is 5.02. The third kappa shape index (κ3) is 6.42. The molecule has 0 radical (unpaired) electrons. The van der Waals surface area contributed by atoms with Crippen molar-refractivity contribution in [2.24, 2.45) is 27.3 Å². The maximum atomic E-state index is 5.26. The zero-order valence-electron chi connectivity index (χ0n) is 6.70. The Labute approximate surface area is 65.5 Å². The highest BCUT2D eigenvalue weighted by molar-refractivity contribution is 5.92. The standard InChI is InChI=1S/C5H14N6/c1-3(2)10-11-5(8)9-4(6)7/h3,10H,1-2H3,(H6,6,7,8,9,11). The molecule has 0 amide bonds. The van der Waals surface area contributed by atoms with Crippen molar-refractivity contribution >= 4 is 11.9 Å². The van der Waals surface area contributed by atoms with Crippen molar-refractivity contribution in [1.82, 2.24) is 5.43 Å². The first kappa shape index (κ1) is 9.54. The van der Waals surface area contributed by atoms with Crippen LogP contribution in [-0.4, -0.2) is 18.0 Å². The Kier molecular flexibility index (Phi) is 3.79. The van der Waals surface area contributed by atoms with E-state index in [9.17, 15) is 0 Å². The van der Waals surface area contributed by atoms with Crippen molar-refractivity contribution in [2.75, 3.05) is 0 Å². The molecule has 6 nitrogen and oxygen atoms in total. The Bertz CT molecular complexity index is 166. The van der Waals surface area contributed by atoms with E-state index in [0.717, 1.165) is 0 Å². The van der Waals surface area contributed by atoms with E-state index in [4.69, 9.17) is 17.2 Å². The summed E-state index contributed by atoms with van der Waals surface area (Å²) in [5, 5.41) is 3.66. The predicted molar refractivity (Wildman–Crippen MR) is 45.7 cm³/mol. The molecule has 0 saturated carbocycles. The van der Waals surface area contributed by atoms with Crippen LogP contribution < -0.4 is 22.6 Å². The SMILES string of the molecule is CC(C)NN=C(N)N=C(N)N. The average Bonchev–Trinajstić information content (AvgIpc) is 1.82. The van der Waals surface area contributed by atoms with Crippen molar-refractivity contribution in [2.45, 2.75) is 19.9 Å². The summed E-state index contributed by atoms with van der Waals surface area (Å²) in [4.78, 5) is 3.49. The third-order valence-electron chi connectivity index (χ3n) is 0.681. The predicted octanol–water partition coefficient (Wildman–Crippen LogP) is -1.51. The lowest BCUT2D eigenvalue weighted by Crippen LogP contribution is -2.28. The molecule has 11 heavy (non-hydrogen) atoms. The average molecular weight is 158 g/mol. The number of guanidine groups is 2. The summed E-state index contributed by atoms with van der Waals surface area (Å²) in [6.45, 7) is 3.85. The van der Waals surface area contributed by atoms with Crippen molar-refractivity contribution in [1.29, 1.82) is 0 Å². The fourth-order valence-corrected chi connectivity index (χ4v) is 0.353. The van der Waals surface area contributed by atoms with Crippen LogP contribution in [0.25, 0.3) is 0 Å². The molecule has 0 aliphatic rings. The molecule has 0 aliphatic carbocycles. The van der Waals surface area contributed by atoms with Crippen LogP contribution in [0, 0.1) is 0 Å². The van der Waals surface area contributed by atoms with Gasteiger partial charge in [-0.1, -0.05) is 0 Å². The molecule has 7 N–H and O–H groups in total. The van der Waals surface area contributed by atoms with Crippen molar-refractivity contribution in [3.05, 3.63) is 0 Å². The van der Waals surface area contributed by atoms with Crippen LogP contribution >= 0.6 is 0 Å². The Morgan fingerprint density at radius 2 is 1.82 bits per heavy atom. The van der Waals surface area contributed by atoms with Gasteiger partial charge < -0.3 is 22.6 Å². The number of nitrogens with two attached hydrogens (primary N) is 3. The van der Waals surface area contributed by atoms with Gasteiger partial charge >= 0.3 is 0 Å². The van der Waals surface area contributed by atoms with E-state index in [1.807, 2.05) is 13.8 Å². The molecular weight excluding hydrogens is 144 g/mol. The molecule has 0 heterocycles. The second kappa shape index (κ2) is 4.37. The summed E-state index contributed by atoms with van der Waals surface area (Å²) in [7, 11) is 0. The van der Waals surface area contributed by atoms with Crippen LogP contribution in [0.2, 0.25) is 0 Å². The van der Waals surface area contributed by atoms with Gasteiger partial charge in [-0.3, -0.25) is 0 Å². The largest absolute Gasteiger partial charge is 0.370 e. The van der Waals surface area contributed by atoms with Gasteiger partial charge in [-0.15, -0.1) is 5.10 Å². The van der Waals surface area contributed by atoms with E-state index in [2.05, 4.69) is 15.5 Å². The van der Waals surface area contributed by atoms with Crippen molar-refractivity contribution in [3.8, 4) is 0 Å². The highest BCUT2D eigenvalue weighted by Crippen LogP contribution is 1.75. The smallest absolute Gasteiger partial charge is 0.240 e. The second-order valence-electron chi connectivity index (χ2n) is 2.29. The van der Waals surface area contributed by atoms with Gasteiger partial charge in [0.25, 0.3) is 0 Å². The van der Waals surface area contributed by atoms with Gasteiger partial charge in [0.15, 0.2) is 5.96 Å². The summed E-state index contributed by atoms with van der Waals surface area (Å²) >= 11 is 0. The Morgan fingerprint density at radius 3 is 2.18 bits per heavy atom. The van der Waals surface area contributed by atoms with E-state index >= 15 is 0 Å². The molecule has 0 atom stereocenters. The normalized spacial score (nSPS) is 11.4. The molecule has 64 valence electrons. The van der Waals surface area contributed by atoms with Crippen LogP contribution in [0.15, 0.2) is 10.1 Å². The molecule has 0 unspecified atom stereocenters. The molecular formula is C5H14N6. The molecule has 0 rings (SSSR count). The van der Waals surface area contributed by atoms with Crippen LogP contribution in [-0.2, 0) is 0 Å². The molecule has 0 aliphatic heterocycles. The van der Waals surface area contributed by atoms with E-state index in [-0.39, 0.29) is 18.0 Å². The number of hydrogen-bond acceptors (Lipinski definition) is 2. The molecule has 0 spiro atoms. The first-order valence-electron chi connectivity index (χ1n) is 3.20. The lowest BCUT2D eigenvalue weighted by Gasteiger charge is -2.02. The molecule has 0 saturated heterocycles. The van der Waals surface area contributed by atoms with E-state index in [1.165, 1.54) is 0 Å². The summed E-state index contributed by atoms with van der Waals surface area (Å²) in [6, 6.07) is 0.211. The Hall–Kier alpha value is -1.46. The molecule has 0 fully saturated rings. The number of aliphatic imine (C=N–C) groups is 1. The number of rotatable bonds is 2.